The number of aliphatic hydroxyl groups excluding tert-OH is 3. The number of hydrogen-bond donors (Lipinski definition) is 3. The van der Waals surface area contributed by atoms with Crippen molar-refractivity contribution in [2.75, 3.05) is 0 Å². The Morgan fingerprint density at radius 3 is 0.682 bits per heavy atom. The summed E-state index contributed by atoms with van der Waals surface area (Å²) < 4.78 is 0. The number of carbonyl (C=O) groups is 3. The standard InChI is InChI=1S/3C5H8O2.Lu/c3*1-4(6)3-5(2)7;/h3*3,6H,1-2H3;/b3*4-3-;. The fraction of sp³-hybridized carbons (Fsp3) is 0.400. The molecule has 0 aromatic rings. The van der Waals surface area contributed by atoms with Gasteiger partial charge in [-0.2, -0.15) is 0 Å². The summed E-state index contributed by atoms with van der Waals surface area (Å²) >= 11 is 0. The van der Waals surface area contributed by atoms with Crippen LogP contribution in [0.4, 0.5) is 0 Å². The monoisotopic (exact) mass is 475 g/mol. The van der Waals surface area contributed by atoms with E-state index in [9.17, 15) is 14.4 Å². The summed E-state index contributed by atoms with van der Waals surface area (Å²) in [6.45, 7) is 8.54. The smallest absolute Gasteiger partial charge is 0.155 e. The van der Waals surface area contributed by atoms with Gasteiger partial charge in [-0.05, 0) is 41.5 Å². The molecule has 22 heavy (non-hydrogen) atoms. The molecule has 0 saturated heterocycles. The SMILES string of the molecule is CC(=O)/C=C(/C)O.CC(=O)/C=C(/C)O.CC(=O)/C=C(/C)O.[Lu]. The van der Waals surface area contributed by atoms with Crippen molar-refractivity contribution in [3.8, 4) is 0 Å². The maximum atomic E-state index is 10.0. The van der Waals surface area contributed by atoms with Gasteiger partial charge in [-0.15, -0.1) is 0 Å². The summed E-state index contributed by atoms with van der Waals surface area (Å²) in [5, 5.41) is 25.1. The van der Waals surface area contributed by atoms with Gasteiger partial charge >= 0.3 is 0 Å². The molecule has 0 aromatic heterocycles. The molecule has 0 fully saturated rings. The van der Waals surface area contributed by atoms with Gasteiger partial charge in [0, 0.05) is 55.1 Å². The summed E-state index contributed by atoms with van der Waals surface area (Å²) in [4.78, 5) is 30.1. The van der Waals surface area contributed by atoms with E-state index in [1.807, 2.05) is 0 Å². The Bertz CT molecular complexity index is 368. The number of carbonyl (C=O) groups excluding carboxylic acids is 3. The second kappa shape index (κ2) is 17.9. The molecule has 6 nitrogen and oxygen atoms in total. The van der Waals surface area contributed by atoms with Gasteiger partial charge in [0.25, 0.3) is 0 Å². The topological polar surface area (TPSA) is 112 Å². The van der Waals surface area contributed by atoms with Crippen LogP contribution in [-0.4, -0.2) is 32.7 Å². The van der Waals surface area contributed by atoms with Gasteiger partial charge in [-0.1, -0.05) is 0 Å². The van der Waals surface area contributed by atoms with Crippen LogP contribution in [0.3, 0.4) is 0 Å². The first-order valence-corrected chi connectivity index (χ1v) is 6.02. The van der Waals surface area contributed by atoms with Crippen molar-refractivity contribution < 1.29 is 66.6 Å². The molecule has 0 aliphatic carbocycles. The molecule has 0 rings (SSSR count). The Kier molecular flexibility index (Phi) is 23.6. The van der Waals surface area contributed by atoms with Crippen LogP contribution in [0, 0.1) is 36.9 Å². The molecular weight excluding hydrogens is 451 g/mol. The molecular formula is C15H24LuO6. The molecule has 135 valence electrons. The Labute approximate surface area is 160 Å². The molecule has 0 amide bonds. The minimum absolute atomic E-state index is 0. The predicted octanol–water partition coefficient (Wildman–Crippen LogP) is 3.11. The third kappa shape index (κ3) is 51.0. The van der Waals surface area contributed by atoms with Gasteiger partial charge in [-0.25, -0.2) is 0 Å². The van der Waals surface area contributed by atoms with E-state index in [-0.39, 0.29) is 71.5 Å². The van der Waals surface area contributed by atoms with Crippen LogP contribution >= 0.6 is 0 Å². The molecule has 0 aromatic carbocycles. The molecule has 0 spiro atoms. The van der Waals surface area contributed by atoms with Crippen molar-refractivity contribution in [1.82, 2.24) is 0 Å². The van der Waals surface area contributed by atoms with E-state index >= 15 is 0 Å². The van der Waals surface area contributed by atoms with Crippen LogP contribution in [-0.2, 0) is 14.4 Å². The minimum Gasteiger partial charge on any atom is -0.512 e. The molecule has 3 N–H and O–H groups in total. The summed E-state index contributed by atoms with van der Waals surface area (Å²) in [6.07, 6.45) is 3.50. The van der Waals surface area contributed by atoms with Crippen molar-refractivity contribution in [3.63, 3.8) is 0 Å². The summed E-state index contributed by atoms with van der Waals surface area (Å²) in [7, 11) is 0. The summed E-state index contributed by atoms with van der Waals surface area (Å²) in [5.41, 5.74) is 0. The number of rotatable bonds is 3. The third-order valence-electron chi connectivity index (χ3n) is 1.24. The van der Waals surface area contributed by atoms with Gasteiger partial charge < -0.3 is 15.3 Å². The van der Waals surface area contributed by atoms with Crippen LogP contribution < -0.4 is 0 Å². The number of ketones is 3. The van der Waals surface area contributed by atoms with Gasteiger partial charge in [0.1, 0.15) is 0 Å². The third-order valence-corrected chi connectivity index (χ3v) is 1.24. The second-order valence-corrected chi connectivity index (χ2v) is 4.19. The molecule has 0 aliphatic heterocycles. The fourth-order valence-corrected chi connectivity index (χ4v) is 0.882. The van der Waals surface area contributed by atoms with Gasteiger partial charge in [0.15, 0.2) is 17.3 Å². The Hall–Kier alpha value is -1.14. The van der Waals surface area contributed by atoms with E-state index in [0.717, 1.165) is 0 Å². The van der Waals surface area contributed by atoms with E-state index in [1.54, 1.807) is 0 Å². The average molecular weight is 475 g/mol. The Morgan fingerprint density at radius 2 is 0.682 bits per heavy atom. The van der Waals surface area contributed by atoms with Crippen molar-refractivity contribution in [2.45, 2.75) is 41.5 Å². The van der Waals surface area contributed by atoms with E-state index in [0.29, 0.717) is 0 Å². The molecule has 0 heterocycles. The minimum atomic E-state index is -0.125. The molecule has 0 saturated carbocycles. The number of allylic oxidation sites excluding steroid dienone is 6. The molecule has 1 radical (unpaired) electrons. The maximum absolute atomic E-state index is 10.0. The summed E-state index contributed by atoms with van der Waals surface area (Å²) in [6, 6.07) is 0. The Balaban J connectivity index is -0.000000108. The molecule has 0 unspecified atom stereocenters. The first-order chi connectivity index (χ1) is 9.38. The van der Waals surface area contributed by atoms with Crippen molar-refractivity contribution in [3.05, 3.63) is 35.5 Å². The average Bonchev–Trinajstić information content (AvgIpc) is 2.10. The van der Waals surface area contributed by atoms with Crippen LogP contribution in [0.15, 0.2) is 35.5 Å². The molecule has 0 atom stereocenters. The second-order valence-electron chi connectivity index (χ2n) is 4.19. The van der Waals surface area contributed by atoms with Gasteiger partial charge in [-0.3, -0.25) is 14.4 Å². The maximum Gasteiger partial charge on any atom is 0.155 e. The van der Waals surface area contributed by atoms with Crippen LogP contribution in [0.1, 0.15) is 41.5 Å². The van der Waals surface area contributed by atoms with E-state index in [2.05, 4.69) is 0 Å². The van der Waals surface area contributed by atoms with E-state index in [1.165, 1.54) is 59.8 Å². The van der Waals surface area contributed by atoms with E-state index in [4.69, 9.17) is 15.3 Å². The zero-order valence-electron chi connectivity index (χ0n) is 13.6. The van der Waals surface area contributed by atoms with Crippen molar-refractivity contribution >= 4 is 17.3 Å². The normalized spacial score (nSPS) is 10.9. The zero-order chi connectivity index (χ0) is 17.6. The quantitative estimate of drug-likeness (QED) is 0.427. The zero-order valence-corrected chi connectivity index (χ0v) is 15.2. The molecule has 0 aliphatic rings. The van der Waals surface area contributed by atoms with Gasteiger partial charge in [0.05, 0.1) is 17.3 Å². The number of aliphatic hydroxyl groups is 3. The molecule has 0 bridgehead atoms. The van der Waals surface area contributed by atoms with Crippen molar-refractivity contribution in [2.24, 2.45) is 0 Å². The predicted molar refractivity (Wildman–Crippen MR) is 81.2 cm³/mol. The van der Waals surface area contributed by atoms with Crippen molar-refractivity contribution in [1.29, 1.82) is 0 Å². The first kappa shape index (κ1) is 28.9. The largest absolute Gasteiger partial charge is 0.512 e. The van der Waals surface area contributed by atoms with Crippen LogP contribution in [0.2, 0.25) is 0 Å². The number of hydrogen-bond acceptors (Lipinski definition) is 6. The van der Waals surface area contributed by atoms with Crippen LogP contribution in [0.25, 0.3) is 0 Å². The van der Waals surface area contributed by atoms with E-state index < -0.39 is 0 Å². The summed E-state index contributed by atoms with van der Waals surface area (Å²) in [5.74, 6) is -0.187. The molecule has 7 heteroatoms. The Morgan fingerprint density at radius 1 is 0.545 bits per heavy atom. The first-order valence-electron chi connectivity index (χ1n) is 6.02. The van der Waals surface area contributed by atoms with Gasteiger partial charge in [0.2, 0.25) is 0 Å². The van der Waals surface area contributed by atoms with Crippen LogP contribution in [0.5, 0.6) is 0 Å². The fourth-order valence-electron chi connectivity index (χ4n) is 0.882.